The smallest absolute Gasteiger partial charge is 0.475 e. The molecular weight excluding hydrogens is 608 g/mol. The predicted molar refractivity (Wildman–Crippen MR) is 144 cm³/mol. The fourth-order valence-corrected chi connectivity index (χ4v) is 4.24. The zero-order valence-corrected chi connectivity index (χ0v) is 23.2. The van der Waals surface area contributed by atoms with Gasteiger partial charge in [0.25, 0.3) is 5.91 Å². The van der Waals surface area contributed by atoms with Crippen molar-refractivity contribution < 1.29 is 55.7 Å². The number of rotatable bonds is 5. The Morgan fingerprint density at radius 1 is 0.955 bits per heavy atom. The summed E-state index contributed by atoms with van der Waals surface area (Å²) in [6, 6.07) is 6.09. The average molecular weight is 640 g/mol. The second-order valence-corrected chi connectivity index (χ2v) is 9.71. The van der Waals surface area contributed by atoms with Crippen molar-refractivity contribution in [2.45, 2.75) is 76.0 Å². The Balaban J connectivity index is 0.000000402. The molecule has 2 aliphatic rings. The molecule has 3 atom stereocenters. The van der Waals surface area contributed by atoms with E-state index >= 15 is 0 Å². The first-order valence-corrected chi connectivity index (χ1v) is 13.1. The number of amides is 1. The first-order valence-electron chi connectivity index (χ1n) is 13.1. The Bertz CT molecular complexity index is 1310. The van der Waals surface area contributed by atoms with Crippen molar-refractivity contribution in [1.82, 2.24) is 15.3 Å². The number of fused-ring (bicyclic) bond motifs is 1. The molecule has 1 amide bonds. The highest BCUT2D eigenvalue weighted by Crippen LogP contribution is 2.28. The molecule has 1 aliphatic heterocycles. The zero-order chi connectivity index (χ0) is 33.2. The third-order valence-electron chi connectivity index (χ3n) is 6.22. The summed E-state index contributed by atoms with van der Waals surface area (Å²) >= 11 is 0. The van der Waals surface area contributed by atoms with Crippen LogP contribution in [0.25, 0.3) is 10.9 Å². The van der Waals surface area contributed by atoms with E-state index < -0.39 is 30.4 Å². The van der Waals surface area contributed by atoms with Crippen molar-refractivity contribution >= 4 is 46.5 Å². The van der Waals surface area contributed by atoms with Gasteiger partial charge in [0.05, 0.1) is 5.52 Å². The van der Waals surface area contributed by atoms with Gasteiger partial charge >= 0.3 is 24.3 Å². The van der Waals surface area contributed by atoms with E-state index in [0.717, 1.165) is 48.6 Å². The maximum atomic E-state index is 12.5. The largest absolute Gasteiger partial charge is 0.490 e. The van der Waals surface area contributed by atoms with E-state index in [2.05, 4.69) is 25.9 Å². The van der Waals surface area contributed by atoms with Crippen molar-refractivity contribution in [1.29, 1.82) is 5.41 Å². The minimum absolute atomic E-state index is 0.0263. The number of carbonyl (C=O) groups is 3. The van der Waals surface area contributed by atoms with E-state index in [1.54, 1.807) is 0 Å². The summed E-state index contributed by atoms with van der Waals surface area (Å²) in [6.07, 6.45) is -4.95. The molecule has 1 aromatic carbocycles. The molecule has 1 aliphatic carbocycles. The Morgan fingerprint density at radius 3 is 2.02 bits per heavy atom. The van der Waals surface area contributed by atoms with Crippen molar-refractivity contribution in [3.8, 4) is 0 Å². The summed E-state index contributed by atoms with van der Waals surface area (Å²) in [5.74, 6) is -4.81. The van der Waals surface area contributed by atoms with E-state index in [9.17, 15) is 31.1 Å². The molecule has 44 heavy (non-hydrogen) atoms. The van der Waals surface area contributed by atoms with E-state index in [-0.39, 0.29) is 29.9 Å². The summed E-state index contributed by atoms with van der Waals surface area (Å²) < 4.78 is 68.9. The van der Waals surface area contributed by atoms with Gasteiger partial charge in [-0.05, 0) is 44.7 Å². The average Bonchev–Trinajstić information content (AvgIpc) is 3.45. The number of carboxylic acid groups (broad SMARTS) is 2. The van der Waals surface area contributed by atoms with Crippen LogP contribution in [0, 0.1) is 12.3 Å². The molecular formula is C25H31F6N7O6. The number of aryl methyl sites for hydroxylation is 1. The van der Waals surface area contributed by atoms with Crippen molar-refractivity contribution in [3.05, 3.63) is 23.8 Å². The number of halogens is 6. The number of ether oxygens (including phenoxy) is 1. The maximum absolute atomic E-state index is 12.5. The van der Waals surface area contributed by atoms with Crippen LogP contribution in [0.2, 0.25) is 0 Å². The molecule has 0 spiro atoms. The molecule has 1 aromatic heterocycles. The number of nitrogens with one attached hydrogen (secondary N) is 4. The molecule has 2 heterocycles. The molecule has 2 aromatic rings. The van der Waals surface area contributed by atoms with E-state index in [1.165, 1.54) is 0 Å². The highest BCUT2D eigenvalue weighted by molar-refractivity contribution is 5.96. The van der Waals surface area contributed by atoms with Gasteiger partial charge in [-0.15, -0.1) is 0 Å². The van der Waals surface area contributed by atoms with Crippen molar-refractivity contribution in [2.24, 2.45) is 5.73 Å². The number of aliphatic carboxylic acids is 2. The van der Waals surface area contributed by atoms with Gasteiger partial charge in [-0.3, -0.25) is 15.5 Å². The van der Waals surface area contributed by atoms with Gasteiger partial charge in [-0.2, -0.15) is 31.3 Å². The molecule has 19 heteroatoms. The van der Waals surface area contributed by atoms with Gasteiger partial charge in [0.2, 0.25) is 5.95 Å². The Labute approximate surface area is 246 Å². The van der Waals surface area contributed by atoms with E-state index in [0.29, 0.717) is 18.8 Å². The molecule has 13 nitrogen and oxygen atoms in total. The lowest BCUT2D eigenvalue weighted by Gasteiger charge is -2.33. The summed E-state index contributed by atoms with van der Waals surface area (Å²) in [5, 5.41) is 32.2. The van der Waals surface area contributed by atoms with Crippen molar-refractivity contribution in [2.75, 3.05) is 17.2 Å². The number of anilines is 2. The molecule has 8 N–H and O–H groups in total. The van der Waals surface area contributed by atoms with Gasteiger partial charge in [0.1, 0.15) is 11.9 Å². The standard InChI is InChI=1S/C21H29N7O2.2C2HF3O2/c1-12-8-9-14-13(11-12)18(24-15-5-2-3-6-16(15)25-20(22)23)27-21(26-14)28-19(29)17-7-4-10-30-17;2*3-2(4,5)1(6)7/h8-9,11,15-17H,2-7,10H2,1H3,(H4,22,23,25)(H2,24,26,27,28,29);2*(H,6,7). The summed E-state index contributed by atoms with van der Waals surface area (Å²) in [5.41, 5.74) is 7.45. The lowest BCUT2D eigenvalue weighted by Crippen LogP contribution is -2.50. The van der Waals surface area contributed by atoms with Gasteiger partial charge in [0.15, 0.2) is 5.96 Å². The molecule has 1 saturated heterocycles. The van der Waals surface area contributed by atoms with E-state index in [1.807, 2.05) is 25.1 Å². The Kier molecular flexibility index (Phi) is 12.5. The van der Waals surface area contributed by atoms with Gasteiger partial charge in [-0.1, -0.05) is 24.5 Å². The van der Waals surface area contributed by atoms with Crippen LogP contribution in [0.3, 0.4) is 0 Å². The minimum Gasteiger partial charge on any atom is -0.475 e. The van der Waals surface area contributed by atoms with Crippen LogP contribution < -0.4 is 21.7 Å². The SMILES string of the molecule is Cc1ccc2nc(NC(=O)C3CCCO3)nc(NC3CCCCC3NC(=N)N)c2c1.O=C(O)C(F)(F)F.O=C(O)C(F)(F)F. The molecule has 2 fully saturated rings. The first kappa shape index (κ1) is 35.8. The van der Waals surface area contributed by atoms with Crippen LogP contribution in [0.15, 0.2) is 18.2 Å². The lowest BCUT2D eigenvalue weighted by molar-refractivity contribution is -0.193. The highest BCUT2D eigenvalue weighted by atomic mass is 19.4. The fourth-order valence-electron chi connectivity index (χ4n) is 4.24. The highest BCUT2D eigenvalue weighted by Gasteiger charge is 2.39. The summed E-state index contributed by atoms with van der Waals surface area (Å²) in [4.78, 5) is 39.5. The summed E-state index contributed by atoms with van der Waals surface area (Å²) in [7, 11) is 0. The molecule has 0 radical (unpaired) electrons. The second kappa shape index (κ2) is 15.3. The summed E-state index contributed by atoms with van der Waals surface area (Å²) in [6.45, 7) is 2.63. The predicted octanol–water partition coefficient (Wildman–Crippen LogP) is 3.53. The van der Waals surface area contributed by atoms with Crippen LogP contribution >= 0.6 is 0 Å². The number of hydrogen-bond acceptors (Lipinski definition) is 8. The van der Waals surface area contributed by atoms with Gasteiger partial charge < -0.3 is 31.3 Å². The van der Waals surface area contributed by atoms with Crippen LogP contribution in [0.5, 0.6) is 0 Å². The van der Waals surface area contributed by atoms with Crippen molar-refractivity contribution in [3.63, 3.8) is 0 Å². The number of carbonyl (C=O) groups excluding carboxylic acids is 1. The number of aromatic nitrogens is 2. The number of hydrogen-bond donors (Lipinski definition) is 7. The first-order chi connectivity index (χ1) is 20.4. The second-order valence-electron chi connectivity index (χ2n) is 9.71. The Hall–Kier alpha value is -4.42. The molecule has 4 rings (SSSR count). The third kappa shape index (κ3) is 11.3. The third-order valence-corrected chi connectivity index (χ3v) is 6.22. The van der Waals surface area contributed by atoms with Crippen LogP contribution in [0.4, 0.5) is 38.1 Å². The van der Waals surface area contributed by atoms with Gasteiger partial charge in [-0.25, -0.2) is 14.6 Å². The minimum atomic E-state index is -5.08. The Morgan fingerprint density at radius 2 is 1.52 bits per heavy atom. The monoisotopic (exact) mass is 639 g/mol. The topological polar surface area (TPSA) is 213 Å². The number of nitrogens with two attached hydrogens (primary N) is 1. The van der Waals surface area contributed by atoms with Crippen LogP contribution in [0.1, 0.15) is 44.1 Å². The quantitative estimate of drug-likeness (QED) is 0.143. The number of alkyl halides is 6. The van der Waals surface area contributed by atoms with Crippen LogP contribution in [-0.4, -0.2) is 81.1 Å². The molecule has 244 valence electrons. The number of guanidine groups is 1. The zero-order valence-electron chi connectivity index (χ0n) is 23.2. The van der Waals surface area contributed by atoms with Gasteiger partial charge in [0, 0.05) is 24.1 Å². The normalized spacial score (nSPS) is 19.8. The lowest BCUT2D eigenvalue weighted by atomic mass is 9.90. The fraction of sp³-hybridized carbons (Fsp3) is 0.520. The molecule has 0 bridgehead atoms. The maximum Gasteiger partial charge on any atom is 0.490 e. The number of carboxylic acids is 2. The van der Waals surface area contributed by atoms with Crippen LogP contribution in [-0.2, 0) is 19.1 Å². The molecule has 3 unspecified atom stereocenters. The van der Waals surface area contributed by atoms with E-state index in [4.69, 9.17) is 35.7 Å². The number of benzene rings is 1. The number of nitrogens with zero attached hydrogens (tertiary/aromatic N) is 2. The molecule has 1 saturated carbocycles.